The molecule has 1 unspecified atom stereocenters. The standard InChI is InChI=1S/C14H11Cl2NO2/c15-10-6-7-11(16)12(8-10)17-13(14(18)19)9-4-2-1-3-5-9/h1-8,13,17H,(H,18,19). The summed E-state index contributed by atoms with van der Waals surface area (Å²) in [4.78, 5) is 11.4. The zero-order chi connectivity index (χ0) is 13.8. The molecule has 2 aromatic carbocycles. The van der Waals surface area contributed by atoms with Crippen molar-refractivity contribution in [3.63, 3.8) is 0 Å². The summed E-state index contributed by atoms with van der Waals surface area (Å²) in [6.07, 6.45) is 0. The molecule has 0 radical (unpaired) electrons. The zero-order valence-corrected chi connectivity index (χ0v) is 11.3. The van der Waals surface area contributed by atoms with Crippen LogP contribution >= 0.6 is 23.2 Å². The van der Waals surface area contributed by atoms with Gasteiger partial charge >= 0.3 is 5.97 Å². The van der Waals surface area contributed by atoms with E-state index >= 15 is 0 Å². The average Bonchev–Trinajstić information content (AvgIpc) is 2.40. The van der Waals surface area contributed by atoms with Crippen molar-refractivity contribution in [2.75, 3.05) is 5.32 Å². The van der Waals surface area contributed by atoms with E-state index in [1.807, 2.05) is 6.07 Å². The molecule has 98 valence electrons. The Morgan fingerprint density at radius 3 is 2.42 bits per heavy atom. The Balaban J connectivity index is 2.32. The number of benzene rings is 2. The molecule has 0 aliphatic rings. The largest absolute Gasteiger partial charge is 0.479 e. The van der Waals surface area contributed by atoms with Crippen LogP contribution in [0.1, 0.15) is 11.6 Å². The van der Waals surface area contributed by atoms with E-state index in [9.17, 15) is 9.90 Å². The fourth-order valence-corrected chi connectivity index (χ4v) is 2.04. The van der Waals surface area contributed by atoms with Gasteiger partial charge in [-0.2, -0.15) is 0 Å². The summed E-state index contributed by atoms with van der Waals surface area (Å²) in [5, 5.41) is 13.1. The van der Waals surface area contributed by atoms with Gasteiger partial charge in [-0.3, -0.25) is 0 Å². The fraction of sp³-hybridized carbons (Fsp3) is 0.0714. The highest BCUT2D eigenvalue weighted by Crippen LogP contribution is 2.29. The monoisotopic (exact) mass is 295 g/mol. The maximum Gasteiger partial charge on any atom is 0.330 e. The highest BCUT2D eigenvalue weighted by Gasteiger charge is 2.20. The normalized spacial score (nSPS) is 11.9. The molecule has 0 aliphatic carbocycles. The second-order valence-electron chi connectivity index (χ2n) is 3.95. The number of carbonyl (C=O) groups is 1. The first kappa shape index (κ1) is 13.7. The van der Waals surface area contributed by atoms with Crippen LogP contribution in [0.3, 0.4) is 0 Å². The molecule has 0 fully saturated rings. The minimum Gasteiger partial charge on any atom is -0.479 e. The molecule has 0 saturated carbocycles. The lowest BCUT2D eigenvalue weighted by Gasteiger charge is -2.17. The van der Waals surface area contributed by atoms with E-state index in [2.05, 4.69) is 5.32 Å². The quantitative estimate of drug-likeness (QED) is 0.887. The van der Waals surface area contributed by atoms with Gasteiger partial charge in [0, 0.05) is 5.02 Å². The van der Waals surface area contributed by atoms with Crippen molar-refractivity contribution in [3.8, 4) is 0 Å². The lowest BCUT2D eigenvalue weighted by Crippen LogP contribution is -2.20. The summed E-state index contributed by atoms with van der Waals surface area (Å²) in [5.41, 5.74) is 1.14. The van der Waals surface area contributed by atoms with Crippen LogP contribution < -0.4 is 5.32 Å². The number of hydrogen-bond donors (Lipinski definition) is 2. The Kier molecular flexibility index (Phi) is 4.30. The summed E-state index contributed by atoms with van der Waals surface area (Å²) >= 11 is 11.9. The predicted molar refractivity (Wildman–Crippen MR) is 76.9 cm³/mol. The third-order valence-electron chi connectivity index (χ3n) is 2.61. The van der Waals surface area contributed by atoms with E-state index in [4.69, 9.17) is 23.2 Å². The van der Waals surface area contributed by atoms with Gasteiger partial charge in [-0.05, 0) is 23.8 Å². The molecule has 2 rings (SSSR count). The maximum atomic E-state index is 11.4. The van der Waals surface area contributed by atoms with Crippen molar-refractivity contribution in [2.45, 2.75) is 6.04 Å². The van der Waals surface area contributed by atoms with Crippen LogP contribution in [0.15, 0.2) is 48.5 Å². The van der Waals surface area contributed by atoms with Crippen molar-refractivity contribution >= 4 is 34.9 Å². The molecule has 0 aromatic heterocycles. The number of aliphatic carboxylic acids is 1. The molecule has 2 aromatic rings. The van der Waals surface area contributed by atoms with Crippen LogP contribution in [0.5, 0.6) is 0 Å². The van der Waals surface area contributed by atoms with Crippen molar-refractivity contribution in [3.05, 3.63) is 64.1 Å². The molecular weight excluding hydrogens is 285 g/mol. The van der Waals surface area contributed by atoms with E-state index in [0.717, 1.165) is 0 Å². The topological polar surface area (TPSA) is 49.3 Å². The average molecular weight is 296 g/mol. The molecule has 0 saturated heterocycles. The Bertz CT molecular complexity index is 587. The molecule has 0 amide bonds. The lowest BCUT2D eigenvalue weighted by atomic mass is 10.1. The number of nitrogens with one attached hydrogen (secondary N) is 1. The Morgan fingerprint density at radius 2 is 1.79 bits per heavy atom. The second kappa shape index (κ2) is 5.95. The minimum absolute atomic E-state index is 0.423. The molecule has 2 N–H and O–H groups in total. The highest BCUT2D eigenvalue weighted by atomic mass is 35.5. The van der Waals surface area contributed by atoms with E-state index in [0.29, 0.717) is 21.3 Å². The van der Waals surface area contributed by atoms with Crippen molar-refractivity contribution in [1.29, 1.82) is 0 Å². The second-order valence-corrected chi connectivity index (χ2v) is 4.79. The van der Waals surface area contributed by atoms with Crippen molar-refractivity contribution < 1.29 is 9.90 Å². The Morgan fingerprint density at radius 1 is 1.11 bits per heavy atom. The van der Waals surface area contributed by atoms with Gasteiger partial charge in [0.15, 0.2) is 6.04 Å². The van der Waals surface area contributed by atoms with Gasteiger partial charge in [-0.25, -0.2) is 4.79 Å². The number of anilines is 1. The van der Waals surface area contributed by atoms with Crippen molar-refractivity contribution in [1.82, 2.24) is 0 Å². The van der Waals surface area contributed by atoms with Gasteiger partial charge in [0.25, 0.3) is 0 Å². The summed E-state index contributed by atoms with van der Waals surface area (Å²) in [6.45, 7) is 0. The van der Waals surface area contributed by atoms with E-state index < -0.39 is 12.0 Å². The first-order valence-electron chi connectivity index (χ1n) is 5.57. The van der Waals surface area contributed by atoms with Gasteiger partial charge in [0.2, 0.25) is 0 Å². The maximum absolute atomic E-state index is 11.4. The van der Waals surface area contributed by atoms with Crippen LogP contribution in [0.2, 0.25) is 10.0 Å². The van der Waals surface area contributed by atoms with Crippen LogP contribution in [0.25, 0.3) is 0 Å². The van der Waals surface area contributed by atoms with Crippen LogP contribution in [0.4, 0.5) is 5.69 Å². The number of halogens is 2. The summed E-state index contributed by atoms with van der Waals surface area (Å²) in [7, 11) is 0. The molecule has 0 bridgehead atoms. The summed E-state index contributed by atoms with van der Waals surface area (Å²) in [5.74, 6) is -0.984. The molecule has 0 spiro atoms. The van der Waals surface area contributed by atoms with Crippen LogP contribution in [-0.2, 0) is 4.79 Å². The van der Waals surface area contributed by atoms with Crippen LogP contribution in [0, 0.1) is 0 Å². The first-order valence-corrected chi connectivity index (χ1v) is 6.33. The molecule has 5 heteroatoms. The number of carboxylic acids is 1. The number of rotatable bonds is 4. The predicted octanol–water partition coefficient (Wildman–Crippen LogP) is 4.23. The minimum atomic E-state index is -0.984. The summed E-state index contributed by atoms with van der Waals surface area (Å²) < 4.78 is 0. The SMILES string of the molecule is O=C(O)C(Nc1cc(Cl)ccc1Cl)c1ccccc1. The molecule has 19 heavy (non-hydrogen) atoms. The van der Waals surface area contributed by atoms with Crippen LogP contribution in [-0.4, -0.2) is 11.1 Å². The van der Waals surface area contributed by atoms with Gasteiger partial charge in [-0.1, -0.05) is 53.5 Å². The summed E-state index contributed by atoms with van der Waals surface area (Å²) in [6, 6.07) is 12.9. The van der Waals surface area contributed by atoms with Gasteiger partial charge < -0.3 is 10.4 Å². The molecule has 1 atom stereocenters. The molecule has 0 aliphatic heterocycles. The number of carboxylic acid groups (broad SMARTS) is 1. The molecule has 3 nitrogen and oxygen atoms in total. The fourth-order valence-electron chi connectivity index (χ4n) is 1.70. The lowest BCUT2D eigenvalue weighted by molar-refractivity contribution is -0.138. The molecular formula is C14H11Cl2NO2. The van der Waals surface area contributed by atoms with Gasteiger partial charge in [0.1, 0.15) is 0 Å². The zero-order valence-electron chi connectivity index (χ0n) is 9.81. The van der Waals surface area contributed by atoms with E-state index in [1.165, 1.54) is 0 Å². The van der Waals surface area contributed by atoms with Gasteiger partial charge in [0.05, 0.1) is 10.7 Å². The Labute approximate surface area is 120 Å². The Hall–Kier alpha value is -1.71. The molecule has 0 heterocycles. The highest BCUT2D eigenvalue weighted by molar-refractivity contribution is 6.35. The van der Waals surface area contributed by atoms with E-state index in [-0.39, 0.29) is 0 Å². The smallest absolute Gasteiger partial charge is 0.330 e. The third kappa shape index (κ3) is 3.40. The number of hydrogen-bond acceptors (Lipinski definition) is 2. The van der Waals surface area contributed by atoms with Gasteiger partial charge in [-0.15, -0.1) is 0 Å². The van der Waals surface area contributed by atoms with E-state index in [1.54, 1.807) is 42.5 Å². The van der Waals surface area contributed by atoms with Crippen molar-refractivity contribution in [2.24, 2.45) is 0 Å². The first-order chi connectivity index (χ1) is 9.08. The third-order valence-corrected chi connectivity index (χ3v) is 3.17.